The van der Waals surface area contributed by atoms with Crippen LogP contribution < -0.4 is 15.5 Å². The lowest BCUT2D eigenvalue weighted by Crippen LogP contribution is -3.09. The van der Waals surface area contributed by atoms with Crippen molar-refractivity contribution in [2.75, 3.05) is 18.9 Å². The molecule has 0 spiro atoms. The number of hydrogen-bond acceptors (Lipinski definition) is 2. The summed E-state index contributed by atoms with van der Waals surface area (Å²) in [5.74, 6) is -0.141. The number of hydrogen-bond donors (Lipinski definition) is 3. The Bertz CT molecular complexity index is 842. The molecule has 0 heterocycles. The molecular weight excluding hydrogens is 374 g/mol. The van der Waals surface area contributed by atoms with Crippen LogP contribution >= 0.6 is 11.6 Å². The summed E-state index contributed by atoms with van der Waals surface area (Å²) >= 11 is 6.02. The van der Waals surface area contributed by atoms with Crippen LogP contribution in [-0.2, 0) is 11.3 Å². The number of rotatable bonds is 6. The Hall–Kier alpha value is -2.37. The van der Waals surface area contributed by atoms with Gasteiger partial charge >= 0.3 is 0 Å². The zero-order chi connectivity index (χ0) is 20.9. The van der Waals surface area contributed by atoms with Gasteiger partial charge in [0.05, 0.1) is 7.05 Å². The molecule has 2 rings (SSSR count). The summed E-state index contributed by atoms with van der Waals surface area (Å²) in [6.45, 7) is 8.90. The van der Waals surface area contributed by atoms with Crippen molar-refractivity contribution in [2.45, 2.75) is 39.8 Å². The number of carbonyl (C=O) groups excluding carboxylic acids is 2. The summed E-state index contributed by atoms with van der Waals surface area (Å²) in [5.41, 5.74) is 3.05. The first-order valence-electron chi connectivity index (χ1n) is 9.32. The van der Waals surface area contributed by atoms with E-state index in [1.807, 2.05) is 52.9 Å². The van der Waals surface area contributed by atoms with Crippen molar-refractivity contribution in [3.05, 3.63) is 64.2 Å². The first-order valence-corrected chi connectivity index (χ1v) is 9.70. The number of amides is 2. The van der Waals surface area contributed by atoms with Gasteiger partial charge in [0.1, 0.15) is 6.54 Å². The van der Waals surface area contributed by atoms with Gasteiger partial charge in [0, 0.05) is 27.4 Å². The van der Waals surface area contributed by atoms with E-state index in [4.69, 9.17) is 11.6 Å². The molecule has 6 heteroatoms. The van der Waals surface area contributed by atoms with Crippen molar-refractivity contribution in [3.8, 4) is 0 Å². The van der Waals surface area contributed by atoms with Gasteiger partial charge in [-0.3, -0.25) is 9.59 Å². The number of halogens is 1. The summed E-state index contributed by atoms with van der Waals surface area (Å²) in [7, 11) is 1.98. The second kappa shape index (κ2) is 9.22. The molecule has 5 nitrogen and oxygen atoms in total. The Morgan fingerprint density at radius 1 is 1.07 bits per heavy atom. The molecule has 2 aromatic rings. The predicted molar refractivity (Wildman–Crippen MR) is 114 cm³/mol. The first-order chi connectivity index (χ1) is 13.0. The number of benzene rings is 2. The standard InChI is InChI=1S/C22H28ClN3O2/c1-15-12-18(10-11-19(15)23)24-21(28)17-8-6-16(7-9-17)13-26(5)14-20(27)25-22(2,3)4/h6-12H,13-14H2,1-5H3,(H,24,28)(H,25,27)/p+1. The lowest BCUT2D eigenvalue weighted by molar-refractivity contribution is -0.885. The van der Waals surface area contributed by atoms with Gasteiger partial charge in [0.15, 0.2) is 6.54 Å². The molecule has 150 valence electrons. The van der Waals surface area contributed by atoms with Crippen LogP contribution in [0.25, 0.3) is 0 Å². The molecule has 3 N–H and O–H groups in total. The third-order valence-electron chi connectivity index (χ3n) is 4.11. The van der Waals surface area contributed by atoms with E-state index in [0.717, 1.165) is 16.0 Å². The van der Waals surface area contributed by atoms with E-state index >= 15 is 0 Å². The van der Waals surface area contributed by atoms with Crippen molar-refractivity contribution < 1.29 is 14.5 Å². The predicted octanol–water partition coefficient (Wildman–Crippen LogP) is 2.83. The fourth-order valence-corrected chi connectivity index (χ4v) is 2.96. The second-order valence-electron chi connectivity index (χ2n) is 8.22. The fraction of sp³-hybridized carbons (Fsp3) is 0.364. The van der Waals surface area contributed by atoms with E-state index in [-0.39, 0.29) is 17.4 Å². The van der Waals surface area contributed by atoms with E-state index in [2.05, 4.69) is 10.6 Å². The number of anilines is 1. The highest BCUT2D eigenvalue weighted by atomic mass is 35.5. The zero-order valence-electron chi connectivity index (χ0n) is 17.2. The third kappa shape index (κ3) is 6.98. The molecule has 0 saturated carbocycles. The molecule has 0 saturated heterocycles. The molecule has 0 aliphatic carbocycles. The van der Waals surface area contributed by atoms with Crippen LogP contribution in [0.1, 0.15) is 42.3 Å². The summed E-state index contributed by atoms with van der Waals surface area (Å²) in [6, 6.07) is 12.8. The minimum Gasteiger partial charge on any atom is -0.347 e. The average molecular weight is 403 g/mol. The highest BCUT2D eigenvalue weighted by molar-refractivity contribution is 6.31. The molecule has 0 aliphatic rings. The number of aryl methyl sites for hydroxylation is 1. The zero-order valence-corrected chi connectivity index (χ0v) is 17.9. The largest absolute Gasteiger partial charge is 0.347 e. The highest BCUT2D eigenvalue weighted by Gasteiger charge is 2.17. The summed E-state index contributed by atoms with van der Waals surface area (Å²) in [4.78, 5) is 25.5. The summed E-state index contributed by atoms with van der Waals surface area (Å²) < 4.78 is 0. The lowest BCUT2D eigenvalue weighted by atomic mass is 10.1. The molecule has 0 fully saturated rings. The maximum atomic E-state index is 12.4. The molecule has 2 amide bonds. The van der Waals surface area contributed by atoms with Crippen LogP contribution in [0, 0.1) is 6.92 Å². The summed E-state index contributed by atoms with van der Waals surface area (Å²) in [6.07, 6.45) is 0. The fourth-order valence-electron chi connectivity index (χ4n) is 2.85. The Labute approximate surface area is 172 Å². The van der Waals surface area contributed by atoms with E-state index in [1.165, 1.54) is 0 Å². The van der Waals surface area contributed by atoms with Crippen LogP contribution in [0.15, 0.2) is 42.5 Å². The van der Waals surface area contributed by atoms with Gasteiger partial charge in [0.2, 0.25) is 0 Å². The monoisotopic (exact) mass is 402 g/mol. The quantitative estimate of drug-likeness (QED) is 0.695. The number of carbonyl (C=O) groups is 2. The SMILES string of the molecule is Cc1cc(NC(=O)c2ccc(C[NH+](C)CC(=O)NC(C)(C)C)cc2)ccc1Cl. The first kappa shape index (κ1) is 21.9. The third-order valence-corrected chi connectivity index (χ3v) is 4.54. The van der Waals surface area contributed by atoms with Crippen LogP contribution in [0.3, 0.4) is 0 Å². The molecule has 1 unspecified atom stereocenters. The maximum absolute atomic E-state index is 12.4. The maximum Gasteiger partial charge on any atom is 0.275 e. The van der Waals surface area contributed by atoms with Gasteiger partial charge in [0.25, 0.3) is 11.8 Å². The molecular formula is C22H29ClN3O2+. The van der Waals surface area contributed by atoms with Crippen molar-refractivity contribution in [1.82, 2.24) is 5.32 Å². The Kier molecular flexibility index (Phi) is 7.22. The molecule has 2 aromatic carbocycles. The second-order valence-corrected chi connectivity index (χ2v) is 8.63. The van der Waals surface area contributed by atoms with Gasteiger partial charge in [-0.1, -0.05) is 23.7 Å². The number of quaternary nitrogens is 1. The van der Waals surface area contributed by atoms with Crippen LogP contribution in [0.5, 0.6) is 0 Å². The number of nitrogens with one attached hydrogen (secondary N) is 3. The normalized spacial score (nSPS) is 12.4. The van der Waals surface area contributed by atoms with Crippen molar-refractivity contribution in [1.29, 1.82) is 0 Å². The molecule has 0 aromatic heterocycles. The van der Waals surface area contributed by atoms with Gasteiger partial charge < -0.3 is 15.5 Å². The van der Waals surface area contributed by atoms with Gasteiger partial charge in [-0.15, -0.1) is 0 Å². The van der Waals surface area contributed by atoms with E-state index in [0.29, 0.717) is 29.4 Å². The van der Waals surface area contributed by atoms with Crippen molar-refractivity contribution in [2.24, 2.45) is 0 Å². The Morgan fingerprint density at radius 3 is 2.29 bits per heavy atom. The van der Waals surface area contributed by atoms with Crippen LogP contribution in [0.4, 0.5) is 5.69 Å². The lowest BCUT2D eigenvalue weighted by Gasteiger charge is -2.22. The smallest absolute Gasteiger partial charge is 0.275 e. The van der Waals surface area contributed by atoms with Crippen LogP contribution in [0.2, 0.25) is 5.02 Å². The van der Waals surface area contributed by atoms with Gasteiger partial charge in [-0.25, -0.2) is 0 Å². The van der Waals surface area contributed by atoms with E-state index in [9.17, 15) is 9.59 Å². The number of likely N-dealkylation sites (N-methyl/N-ethyl adjacent to an activating group) is 1. The van der Waals surface area contributed by atoms with Crippen molar-refractivity contribution >= 4 is 29.1 Å². The Morgan fingerprint density at radius 2 is 1.71 bits per heavy atom. The van der Waals surface area contributed by atoms with Gasteiger partial charge in [-0.05, 0) is 63.6 Å². The molecule has 28 heavy (non-hydrogen) atoms. The minimum absolute atomic E-state index is 0.0271. The molecule has 0 aliphatic heterocycles. The molecule has 1 atom stereocenters. The average Bonchev–Trinajstić information content (AvgIpc) is 2.56. The topological polar surface area (TPSA) is 62.6 Å². The summed E-state index contributed by atoms with van der Waals surface area (Å²) in [5, 5.41) is 6.52. The van der Waals surface area contributed by atoms with E-state index in [1.54, 1.807) is 24.3 Å². The van der Waals surface area contributed by atoms with Crippen LogP contribution in [-0.4, -0.2) is 30.9 Å². The minimum atomic E-state index is -0.227. The van der Waals surface area contributed by atoms with Gasteiger partial charge in [-0.2, -0.15) is 0 Å². The van der Waals surface area contributed by atoms with E-state index < -0.39 is 0 Å². The molecule has 0 radical (unpaired) electrons. The molecule has 0 bridgehead atoms. The highest BCUT2D eigenvalue weighted by Crippen LogP contribution is 2.20. The van der Waals surface area contributed by atoms with Crippen molar-refractivity contribution in [3.63, 3.8) is 0 Å². The Balaban J connectivity index is 1.92.